The zero-order valence-corrected chi connectivity index (χ0v) is 18.4. The van der Waals surface area contributed by atoms with Crippen LogP contribution >= 0.6 is 22.9 Å². The topological polar surface area (TPSA) is 78.8 Å². The molecule has 3 aromatic rings. The normalized spacial score (nSPS) is 15.3. The van der Waals surface area contributed by atoms with Gasteiger partial charge in [-0.15, -0.1) is 15.7 Å². The Morgan fingerprint density at radius 2 is 1.81 bits per heavy atom. The highest BCUT2D eigenvalue weighted by Gasteiger charge is 2.30. The van der Waals surface area contributed by atoms with Gasteiger partial charge in [-0.3, -0.25) is 4.79 Å². The number of carbonyl (C=O) groups excluding carboxylic acids is 1. The van der Waals surface area contributed by atoms with Gasteiger partial charge in [-0.1, -0.05) is 41.9 Å². The molecule has 10 heteroatoms. The Kier molecular flexibility index (Phi) is 5.65. The maximum atomic E-state index is 13.4. The molecule has 1 aromatic heterocycles. The molecule has 0 fully saturated rings. The second-order valence-electron chi connectivity index (χ2n) is 6.56. The number of likely N-dealkylation sites (N-methyl/N-ethyl adjacent to an activating group) is 1. The van der Waals surface area contributed by atoms with Crippen molar-refractivity contribution >= 4 is 50.5 Å². The van der Waals surface area contributed by atoms with Crippen LogP contribution in [0.25, 0.3) is 10.4 Å². The molecular weight excluding hydrogens is 461 g/mol. The van der Waals surface area contributed by atoms with Crippen LogP contribution in [0.1, 0.15) is 4.88 Å². The number of anilines is 1. The highest BCUT2D eigenvalue weighted by atomic mass is 35.5. The minimum atomic E-state index is -4.10. The van der Waals surface area contributed by atoms with Gasteiger partial charge in [0.25, 0.3) is 5.91 Å². The number of allylic oxidation sites excluding steroid dienone is 1. The smallest absolute Gasteiger partial charge is 0.321 e. The van der Waals surface area contributed by atoms with E-state index in [2.05, 4.69) is 9.71 Å². The van der Waals surface area contributed by atoms with Crippen molar-refractivity contribution < 1.29 is 17.6 Å². The zero-order valence-electron chi connectivity index (χ0n) is 16.0. The molecule has 1 aliphatic heterocycles. The van der Waals surface area contributed by atoms with Crippen LogP contribution in [0.5, 0.6) is 0 Å². The van der Waals surface area contributed by atoms with Crippen molar-refractivity contribution in [3.05, 3.63) is 88.2 Å². The number of rotatable bonds is 4. The molecule has 158 valence electrons. The third-order valence-corrected chi connectivity index (χ3v) is 7.26. The van der Waals surface area contributed by atoms with Crippen LogP contribution in [0.3, 0.4) is 0 Å². The first-order chi connectivity index (χ1) is 14.7. The molecule has 0 saturated carbocycles. The molecule has 0 unspecified atom stereocenters. The summed E-state index contributed by atoms with van der Waals surface area (Å²) >= 11 is 7.11. The highest BCUT2D eigenvalue weighted by Crippen LogP contribution is 2.31. The quantitative estimate of drug-likeness (QED) is 0.593. The Labute approximate surface area is 187 Å². The van der Waals surface area contributed by atoms with Gasteiger partial charge in [-0.05, 0) is 42.0 Å². The molecule has 31 heavy (non-hydrogen) atoms. The van der Waals surface area contributed by atoms with E-state index in [0.717, 1.165) is 20.8 Å². The van der Waals surface area contributed by atoms with Gasteiger partial charge in [0.1, 0.15) is 11.5 Å². The van der Waals surface area contributed by atoms with Crippen molar-refractivity contribution in [3.63, 3.8) is 0 Å². The monoisotopic (exact) mass is 475 g/mol. The molecule has 2 heterocycles. The van der Waals surface area contributed by atoms with E-state index in [1.54, 1.807) is 6.07 Å². The van der Waals surface area contributed by atoms with E-state index in [0.29, 0.717) is 4.88 Å². The van der Waals surface area contributed by atoms with Crippen LogP contribution in [0.2, 0.25) is 5.02 Å². The Morgan fingerprint density at radius 1 is 1.10 bits per heavy atom. The van der Waals surface area contributed by atoms with Crippen LogP contribution in [0.15, 0.2) is 76.8 Å². The summed E-state index contributed by atoms with van der Waals surface area (Å²) in [7, 11) is -2.86. The van der Waals surface area contributed by atoms with Crippen molar-refractivity contribution in [3.8, 4) is 10.4 Å². The van der Waals surface area contributed by atoms with Gasteiger partial charge >= 0.3 is 10.2 Å². The van der Waals surface area contributed by atoms with Gasteiger partial charge in [0, 0.05) is 17.6 Å². The van der Waals surface area contributed by atoms with Gasteiger partial charge < -0.3 is 5.32 Å². The van der Waals surface area contributed by atoms with E-state index >= 15 is 0 Å². The average Bonchev–Trinajstić information content (AvgIpc) is 3.23. The lowest BCUT2D eigenvalue weighted by Crippen LogP contribution is -2.35. The number of benzene rings is 2. The molecule has 0 radical (unpaired) electrons. The van der Waals surface area contributed by atoms with Gasteiger partial charge in [0.15, 0.2) is 0 Å². The van der Waals surface area contributed by atoms with E-state index in [1.165, 1.54) is 36.6 Å². The van der Waals surface area contributed by atoms with Crippen LogP contribution in [-0.4, -0.2) is 31.4 Å². The molecule has 2 aromatic carbocycles. The lowest BCUT2D eigenvalue weighted by molar-refractivity contribution is -0.113. The summed E-state index contributed by atoms with van der Waals surface area (Å²) in [6.07, 6.45) is 1.40. The number of nitrogens with one attached hydrogen (secondary N) is 1. The maximum absolute atomic E-state index is 13.4. The summed E-state index contributed by atoms with van der Waals surface area (Å²) in [5.74, 6) is -1.32. The summed E-state index contributed by atoms with van der Waals surface area (Å²) in [5, 5.41) is 2.37. The van der Waals surface area contributed by atoms with Gasteiger partial charge in [-0.2, -0.15) is 8.42 Å². The summed E-state index contributed by atoms with van der Waals surface area (Å²) in [4.78, 5) is 14.3. The summed E-state index contributed by atoms with van der Waals surface area (Å²) in [6.45, 7) is 0. The Balaban J connectivity index is 1.67. The van der Waals surface area contributed by atoms with Crippen molar-refractivity contribution in [1.29, 1.82) is 0 Å². The molecule has 1 amide bonds. The van der Waals surface area contributed by atoms with E-state index < -0.39 is 21.9 Å². The molecule has 0 spiro atoms. The van der Waals surface area contributed by atoms with Gasteiger partial charge in [0.2, 0.25) is 0 Å². The minimum absolute atomic E-state index is 0.125. The number of thiophene rings is 1. The lowest BCUT2D eigenvalue weighted by Gasteiger charge is -2.23. The van der Waals surface area contributed by atoms with Crippen LogP contribution < -0.4 is 5.32 Å². The van der Waals surface area contributed by atoms with Gasteiger partial charge in [0.05, 0.1) is 15.6 Å². The van der Waals surface area contributed by atoms with Crippen LogP contribution in [0.4, 0.5) is 10.1 Å². The standard InChI is InChI=1S/C21H15ClFN3O3S2/c1-26-18(21(27)24-14-7-8-16(23)15(22)11-14)12-17(25-31(26,28)29)20-10-9-19(30-20)13-5-3-2-4-6-13/h2-12H,1H3,(H,24,27). The molecule has 1 aliphatic rings. The van der Waals surface area contributed by atoms with Crippen molar-refractivity contribution in [1.82, 2.24) is 4.31 Å². The SMILES string of the molecule is CN1C(C(=O)Nc2ccc(F)c(Cl)c2)=CC(c2ccc(-c3ccccc3)s2)=NS1(=O)=O. The number of hydrogen-bond acceptors (Lipinski definition) is 4. The van der Waals surface area contributed by atoms with Crippen molar-refractivity contribution in [2.45, 2.75) is 0 Å². The fourth-order valence-corrected chi connectivity index (χ4v) is 5.00. The Morgan fingerprint density at radius 3 is 2.52 bits per heavy atom. The number of carbonyl (C=O) groups is 1. The molecule has 0 atom stereocenters. The summed E-state index contributed by atoms with van der Waals surface area (Å²) in [5.41, 5.74) is 1.26. The second-order valence-corrected chi connectivity index (χ2v) is 9.68. The first-order valence-electron chi connectivity index (χ1n) is 8.97. The largest absolute Gasteiger partial charge is 0.345 e. The maximum Gasteiger partial charge on any atom is 0.345 e. The third kappa shape index (κ3) is 4.39. The average molecular weight is 476 g/mol. The fraction of sp³-hybridized carbons (Fsp3) is 0.0476. The fourth-order valence-electron chi connectivity index (χ4n) is 2.88. The predicted octanol–water partition coefficient (Wildman–Crippen LogP) is 4.71. The minimum Gasteiger partial charge on any atom is -0.321 e. The Hall–Kier alpha value is -3.01. The number of amides is 1. The van der Waals surface area contributed by atoms with E-state index in [4.69, 9.17) is 11.6 Å². The third-order valence-electron chi connectivity index (χ3n) is 4.50. The van der Waals surface area contributed by atoms with E-state index in [1.807, 2.05) is 36.4 Å². The highest BCUT2D eigenvalue weighted by molar-refractivity contribution is 7.88. The predicted molar refractivity (Wildman–Crippen MR) is 121 cm³/mol. The van der Waals surface area contributed by atoms with Crippen LogP contribution in [0, 0.1) is 5.82 Å². The van der Waals surface area contributed by atoms with Gasteiger partial charge in [-0.25, -0.2) is 8.70 Å². The van der Waals surface area contributed by atoms with Crippen LogP contribution in [-0.2, 0) is 15.0 Å². The first kappa shape index (κ1) is 21.2. The van der Waals surface area contributed by atoms with E-state index in [9.17, 15) is 17.6 Å². The molecule has 4 rings (SSSR count). The molecule has 0 bridgehead atoms. The Bertz CT molecular complexity index is 1330. The van der Waals surface area contributed by atoms with Crippen molar-refractivity contribution in [2.24, 2.45) is 4.40 Å². The molecule has 1 N–H and O–H groups in total. The molecule has 0 saturated heterocycles. The molecule has 6 nitrogen and oxygen atoms in total. The van der Waals surface area contributed by atoms with E-state index in [-0.39, 0.29) is 22.1 Å². The number of halogens is 2. The first-order valence-corrected chi connectivity index (χ1v) is 11.6. The molecule has 0 aliphatic carbocycles. The molecular formula is C21H15ClFN3O3S2. The number of nitrogens with zero attached hydrogens (tertiary/aromatic N) is 2. The number of hydrogen-bond donors (Lipinski definition) is 1. The summed E-state index contributed by atoms with van der Waals surface area (Å²) < 4.78 is 43.1. The second kappa shape index (κ2) is 8.26. The zero-order chi connectivity index (χ0) is 22.2. The van der Waals surface area contributed by atoms with Crippen molar-refractivity contribution in [2.75, 3.05) is 12.4 Å². The lowest BCUT2D eigenvalue weighted by atomic mass is 10.2. The summed E-state index contributed by atoms with van der Waals surface area (Å²) in [6, 6.07) is 17.0.